The van der Waals surface area contributed by atoms with E-state index in [-0.39, 0.29) is 15.8 Å². The maximum absolute atomic E-state index is 12.3. The SMILES string of the molecule is CCC\C=C(C)/C=C/C=C1\CCCc2c1cc1c(c2[N+](=O)[O-])C(C)(C)CCC1(C)C. The molecule has 0 N–H and O–H groups in total. The van der Waals surface area contributed by atoms with Gasteiger partial charge >= 0.3 is 0 Å². The van der Waals surface area contributed by atoms with Crippen LogP contribution >= 0.6 is 0 Å². The Balaban J connectivity index is 2.17. The van der Waals surface area contributed by atoms with Gasteiger partial charge in [-0.05, 0) is 79.0 Å². The molecule has 3 heteroatoms. The van der Waals surface area contributed by atoms with Crippen molar-refractivity contribution < 1.29 is 4.92 Å². The molecule has 0 saturated heterocycles. The number of nitrogens with zero attached hydrogens (tertiary/aromatic N) is 1. The normalized spacial score (nSPS) is 21.5. The molecule has 0 spiro atoms. The predicted octanol–water partition coefficient (Wildman–Crippen LogP) is 7.97. The van der Waals surface area contributed by atoms with Crippen molar-refractivity contribution in [2.45, 2.75) is 97.3 Å². The van der Waals surface area contributed by atoms with Gasteiger partial charge in [0.2, 0.25) is 0 Å². The smallest absolute Gasteiger partial charge is 0.258 e. The predicted molar refractivity (Wildman–Crippen MR) is 127 cm³/mol. The van der Waals surface area contributed by atoms with Crippen molar-refractivity contribution in [1.29, 1.82) is 0 Å². The van der Waals surface area contributed by atoms with Gasteiger partial charge in [-0.15, -0.1) is 0 Å². The van der Waals surface area contributed by atoms with Crippen molar-refractivity contribution in [2.24, 2.45) is 0 Å². The average Bonchev–Trinajstić information content (AvgIpc) is 2.68. The maximum Gasteiger partial charge on any atom is 0.277 e. The van der Waals surface area contributed by atoms with Gasteiger partial charge in [-0.1, -0.05) is 70.9 Å². The highest BCUT2D eigenvalue weighted by Gasteiger charge is 2.44. The first-order valence-electron chi connectivity index (χ1n) is 11.5. The molecule has 0 aromatic heterocycles. The average molecular weight is 408 g/mol. The lowest BCUT2D eigenvalue weighted by atomic mass is 9.61. The van der Waals surface area contributed by atoms with Gasteiger partial charge in [-0.25, -0.2) is 0 Å². The minimum absolute atomic E-state index is 0.0392. The highest BCUT2D eigenvalue weighted by Crippen LogP contribution is 2.52. The van der Waals surface area contributed by atoms with Crippen LogP contribution in [0.4, 0.5) is 5.69 Å². The maximum atomic E-state index is 12.3. The highest BCUT2D eigenvalue weighted by atomic mass is 16.6. The molecule has 0 aliphatic heterocycles. The molecule has 2 aliphatic rings. The fraction of sp³-hybridized carbons (Fsp3) is 0.556. The topological polar surface area (TPSA) is 43.1 Å². The van der Waals surface area contributed by atoms with Crippen LogP contribution in [0.3, 0.4) is 0 Å². The summed E-state index contributed by atoms with van der Waals surface area (Å²) in [4.78, 5) is 12.2. The highest BCUT2D eigenvalue weighted by molar-refractivity contribution is 5.77. The van der Waals surface area contributed by atoms with E-state index in [2.05, 4.69) is 71.9 Å². The van der Waals surface area contributed by atoms with Crippen molar-refractivity contribution in [3.63, 3.8) is 0 Å². The Labute approximate surface area is 182 Å². The molecule has 30 heavy (non-hydrogen) atoms. The molecule has 1 aromatic rings. The van der Waals surface area contributed by atoms with Crippen LogP contribution in [0, 0.1) is 10.1 Å². The van der Waals surface area contributed by atoms with E-state index in [1.807, 2.05) is 0 Å². The lowest BCUT2D eigenvalue weighted by Crippen LogP contribution is -2.35. The van der Waals surface area contributed by atoms with Crippen LogP contribution in [-0.4, -0.2) is 4.92 Å². The molecule has 0 fully saturated rings. The van der Waals surface area contributed by atoms with E-state index in [1.54, 1.807) is 0 Å². The summed E-state index contributed by atoms with van der Waals surface area (Å²) in [5.41, 5.74) is 6.93. The Hall–Kier alpha value is -2.16. The molecule has 0 unspecified atom stereocenters. The van der Waals surface area contributed by atoms with Gasteiger partial charge in [-0.2, -0.15) is 0 Å². The molecule has 162 valence electrons. The Kier molecular flexibility index (Phi) is 6.40. The van der Waals surface area contributed by atoms with Gasteiger partial charge < -0.3 is 0 Å². The second kappa shape index (κ2) is 8.53. The van der Waals surface area contributed by atoms with E-state index in [9.17, 15) is 10.1 Å². The zero-order valence-electron chi connectivity index (χ0n) is 19.6. The second-order valence-electron chi connectivity index (χ2n) is 10.3. The van der Waals surface area contributed by atoms with Crippen LogP contribution in [0.15, 0.2) is 35.9 Å². The van der Waals surface area contributed by atoms with Crippen LogP contribution in [0.5, 0.6) is 0 Å². The second-order valence-corrected chi connectivity index (χ2v) is 10.3. The third kappa shape index (κ3) is 4.31. The Morgan fingerprint density at radius 3 is 2.53 bits per heavy atom. The monoisotopic (exact) mass is 407 g/mol. The number of unbranched alkanes of at least 4 members (excludes halogenated alkanes) is 1. The zero-order chi connectivity index (χ0) is 22.1. The minimum atomic E-state index is -0.162. The summed E-state index contributed by atoms with van der Waals surface area (Å²) in [7, 11) is 0. The van der Waals surface area contributed by atoms with Crippen LogP contribution in [0.2, 0.25) is 0 Å². The third-order valence-electron chi connectivity index (χ3n) is 7.00. The number of allylic oxidation sites excluding steroid dienone is 6. The van der Waals surface area contributed by atoms with E-state index >= 15 is 0 Å². The number of fused-ring (bicyclic) bond motifs is 2. The van der Waals surface area contributed by atoms with E-state index in [0.29, 0.717) is 5.69 Å². The number of hydrogen-bond acceptors (Lipinski definition) is 2. The fourth-order valence-electron chi connectivity index (χ4n) is 5.07. The van der Waals surface area contributed by atoms with Crippen molar-refractivity contribution in [1.82, 2.24) is 0 Å². The van der Waals surface area contributed by atoms with Gasteiger partial charge in [0.1, 0.15) is 0 Å². The first kappa shape index (κ1) is 22.5. The minimum Gasteiger partial charge on any atom is -0.258 e. The molecule has 0 atom stereocenters. The van der Waals surface area contributed by atoms with Crippen molar-refractivity contribution in [3.8, 4) is 0 Å². The Morgan fingerprint density at radius 1 is 1.17 bits per heavy atom. The quantitative estimate of drug-likeness (QED) is 0.282. The van der Waals surface area contributed by atoms with E-state index in [1.165, 1.54) is 16.7 Å². The third-order valence-corrected chi connectivity index (χ3v) is 7.00. The first-order valence-corrected chi connectivity index (χ1v) is 11.5. The molecule has 0 bridgehead atoms. The fourth-order valence-corrected chi connectivity index (χ4v) is 5.07. The zero-order valence-corrected chi connectivity index (χ0v) is 19.6. The molecular formula is C27H37NO2. The van der Waals surface area contributed by atoms with Crippen molar-refractivity contribution in [2.75, 3.05) is 0 Å². The number of nitro groups is 1. The molecule has 3 nitrogen and oxygen atoms in total. The van der Waals surface area contributed by atoms with Gasteiger partial charge in [0, 0.05) is 11.1 Å². The van der Waals surface area contributed by atoms with E-state index in [4.69, 9.17) is 0 Å². The number of hydrogen-bond donors (Lipinski definition) is 0. The lowest BCUT2D eigenvalue weighted by Gasteiger charge is -2.42. The Morgan fingerprint density at radius 2 is 1.87 bits per heavy atom. The summed E-state index contributed by atoms with van der Waals surface area (Å²) in [6, 6.07) is 2.30. The molecule has 0 amide bonds. The molecule has 3 rings (SSSR count). The Bertz CT molecular complexity index is 929. The standard InChI is InChI=1S/C27H37NO2/c1-7-8-11-19(2)12-9-13-20-14-10-15-21-22(20)18-23-24(25(21)28(29)30)27(5,6)17-16-26(23,3)4/h9,11-13,18H,7-8,10,14-17H2,1-6H3/b12-9+,19-11-,20-13+. The summed E-state index contributed by atoms with van der Waals surface area (Å²) >= 11 is 0. The summed E-state index contributed by atoms with van der Waals surface area (Å²) in [5, 5.41) is 12.3. The van der Waals surface area contributed by atoms with Gasteiger partial charge in [-0.3, -0.25) is 10.1 Å². The number of nitro benzene ring substituents is 1. The number of rotatable bonds is 5. The van der Waals surface area contributed by atoms with E-state index in [0.717, 1.165) is 61.6 Å². The summed E-state index contributed by atoms with van der Waals surface area (Å²) in [6.07, 6.45) is 15.8. The van der Waals surface area contributed by atoms with Gasteiger partial charge in [0.05, 0.1) is 4.92 Å². The van der Waals surface area contributed by atoms with Gasteiger partial charge in [0.15, 0.2) is 0 Å². The summed E-state index contributed by atoms with van der Waals surface area (Å²) in [5.74, 6) is 0. The first-order chi connectivity index (χ1) is 14.1. The molecule has 0 heterocycles. The molecule has 1 aromatic carbocycles. The largest absolute Gasteiger partial charge is 0.277 e. The van der Waals surface area contributed by atoms with Crippen LogP contribution < -0.4 is 0 Å². The van der Waals surface area contributed by atoms with Gasteiger partial charge in [0.25, 0.3) is 5.69 Å². The van der Waals surface area contributed by atoms with Crippen molar-refractivity contribution >= 4 is 11.3 Å². The van der Waals surface area contributed by atoms with Crippen LogP contribution in [0.25, 0.3) is 5.57 Å². The van der Waals surface area contributed by atoms with E-state index < -0.39 is 0 Å². The van der Waals surface area contributed by atoms with Crippen molar-refractivity contribution in [3.05, 3.63) is 68.3 Å². The number of benzene rings is 1. The lowest BCUT2D eigenvalue weighted by molar-refractivity contribution is -0.387. The molecule has 0 radical (unpaired) electrons. The summed E-state index contributed by atoms with van der Waals surface area (Å²) < 4.78 is 0. The molecular weight excluding hydrogens is 370 g/mol. The molecule has 0 saturated carbocycles. The molecule has 2 aliphatic carbocycles. The van der Waals surface area contributed by atoms with Crippen LogP contribution in [-0.2, 0) is 17.3 Å². The summed E-state index contributed by atoms with van der Waals surface area (Å²) in [6.45, 7) is 13.1. The van der Waals surface area contributed by atoms with Crippen LogP contribution in [0.1, 0.15) is 102 Å².